The molecule has 0 saturated carbocycles. The van der Waals surface area contributed by atoms with Gasteiger partial charge in [0, 0.05) is 37.2 Å². The minimum absolute atomic E-state index is 0.154. The van der Waals surface area contributed by atoms with Crippen molar-refractivity contribution in [1.82, 2.24) is 4.98 Å². The van der Waals surface area contributed by atoms with Crippen molar-refractivity contribution in [2.24, 2.45) is 5.73 Å². The van der Waals surface area contributed by atoms with Gasteiger partial charge in [-0.1, -0.05) is 0 Å². The maximum atomic E-state index is 6.14. The molecule has 4 nitrogen and oxygen atoms in total. The Bertz CT molecular complexity index is 414. The van der Waals surface area contributed by atoms with Crippen LogP contribution in [-0.2, 0) is 11.2 Å². The molecule has 0 amide bonds. The summed E-state index contributed by atoms with van der Waals surface area (Å²) < 4.78 is 5.42. The molecule has 0 spiro atoms. The summed E-state index contributed by atoms with van der Waals surface area (Å²) in [6.07, 6.45) is 5.65. The Kier molecular flexibility index (Phi) is 3.54. The number of thiazole rings is 1. The second-order valence-corrected chi connectivity index (χ2v) is 6.32. The molecule has 1 aromatic heterocycles. The lowest BCUT2D eigenvalue weighted by Gasteiger charge is -2.30. The minimum Gasteiger partial charge on any atom is -0.381 e. The van der Waals surface area contributed by atoms with Crippen molar-refractivity contribution in [2.75, 3.05) is 25.2 Å². The zero-order valence-electron chi connectivity index (χ0n) is 10.9. The van der Waals surface area contributed by atoms with Gasteiger partial charge in [0.15, 0.2) is 5.13 Å². The summed E-state index contributed by atoms with van der Waals surface area (Å²) in [4.78, 5) is 8.52. The Morgan fingerprint density at radius 2 is 2.11 bits per heavy atom. The normalized spacial score (nSPS) is 24.9. The first-order valence-corrected chi connectivity index (χ1v) is 7.63. The van der Waals surface area contributed by atoms with Crippen molar-refractivity contribution in [3.8, 4) is 0 Å². The molecule has 1 aliphatic carbocycles. The zero-order chi connectivity index (χ0) is 12.5. The number of aromatic nitrogens is 1. The predicted molar refractivity (Wildman–Crippen MR) is 74.2 cm³/mol. The van der Waals surface area contributed by atoms with Crippen LogP contribution in [0.25, 0.3) is 0 Å². The Labute approximate surface area is 112 Å². The molecule has 100 valence electrons. The molecule has 0 aromatic carbocycles. The van der Waals surface area contributed by atoms with E-state index in [9.17, 15) is 0 Å². The smallest absolute Gasteiger partial charge is 0.185 e. The number of anilines is 1. The lowest BCUT2D eigenvalue weighted by molar-refractivity contribution is 0.0855. The Morgan fingerprint density at radius 3 is 2.83 bits per heavy atom. The van der Waals surface area contributed by atoms with E-state index in [1.807, 2.05) is 11.3 Å². The van der Waals surface area contributed by atoms with E-state index in [2.05, 4.69) is 11.9 Å². The molecule has 1 unspecified atom stereocenters. The number of hydrogen-bond acceptors (Lipinski definition) is 5. The minimum atomic E-state index is 0.154. The Balaban J connectivity index is 1.79. The molecule has 0 radical (unpaired) electrons. The van der Waals surface area contributed by atoms with Crippen LogP contribution in [0.2, 0.25) is 0 Å². The SMILES string of the molecule is CN(c1nc2c(s1)CCCC2N)C1CCOCC1. The predicted octanol–water partition coefficient (Wildman–Crippen LogP) is 2.09. The highest BCUT2D eigenvalue weighted by Gasteiger charge is 2.26. The van der Waals surface area contributed by atoms with E-state index < -0.39 is 0 Å². The summed E-state index contributed by atoms with van der Waals surface area (Å²) in [5.74, 6) is 0. The van der Waals surface area contributed by atoms with E-state index >= 15 is 0 Å². The van der Waals surface area contributed by atoms with E-state index in [1.165, 1.54) is 11.3 Å². The molecule has 18 heavy (non-hydrogen) atoms. The molecule has 0 bridgehead atoms. The van der Waals surface area contributed by atoms with Crippen molar-refractivity contribution in [2.45, 2.75) is 44.2 Å². The van der Waals surface area contributed by atoms with E-state index in [-0.39, 0.29) is 6.04 Å². The standard InChI is InChI=1S/C13H21N3OS/c1-16(9-5-7-17-8-6-9)13-15-12-10(14)3-2-4-11(12)18-13/h9-10H,2-8,14H2,1H3. The third kappa shape index (κ3) is 2.27. The third-order valence-corrected chi connectivity index (χ3v) is 5.25. The van der Waals surface area contributed by atoms with Crippen LogP contribution in [0.1, 0.15) is 42.3 Å². The van der Waals surface area contributed by atoms with Crippen LogP contribution in [0.4, 0.5) is 5.13 Å². The summed E-state index contributed by atoms with van der Waals surface area (Å²) >= 11 is 1.83. The second-order valence-electron chi connectivity index (χ2n) is 5.26. The first-order chi connectivity index (χ1) is 8.75. The van der Waals surface area contributed by atoms with E-state index in [0.717, 1.165) is 49.7 Å². The molecule has 5 heteroatoms. The maximum absolute atomic E-state index is 6.14. The average Bonchev–Trinajstić information content (AvgIpc) is 2.84. The van der Waals surface area contributed by atoms with Crippen molar-refractivity contribution >= 4 is 16.5 Å². The highest BCUT2D eigenvalue weighted by atomic mass is 32.1. The molecule has 1 fully saturated rings. The van der Waals surface area contributed by atoms with Crippen molar-refractivity contribution in [3.05, 3.63) is 10.6 Å². The molecular formula is C13H21N3OS. The van der Waals surface area contributed by atoms with Crippen LogP contribution in [0.5, 0.6) is 0 Å². The summed E-state index contributed by atoms with van der Waals surface area (Å²) in [5.41, 5.74) is 7.30. The lowest BCUT2D eigenvalue weighted by Crippen LogP contribution is -2.36. The van der Waals surface area contributed by atoms with Gasteiger partial charge in [0.2, 0.25) is 0 Å². The monoisotopic (exact) mass is 267 g/mol. The van der Waals surface area contributed by atoms with E-state index in [0.29, 0.717) is 6.04 Å². The molecule has 2 aliphatic rings. The number of ether oxygens (including phenoxy) is 1. The van der Waals surface area contributed by atoms with Gasteiger partial charge >= 0.3 is 0 Å². The summed E-state index contributed by atoms with van der Waals surface area (Å²) in [6.45, 7) is 1.75. The highest BCUT2D eigenvalue weighted by Crippen LogP contribution is 2.36. The van der Waals surface area contributed by atoms with Crippen LogP contribution < -0.4 is 10.6 Å². The fourth-order valence-corrected chi connectivity index (χ4v) is 4.02. The van der Waals surface area contributed by atoms with Crippen molar-refractivity contribution in [1.29, 1.82) is 0 Å². The summed E-state index contributed by atoms with van der Waals surface area (Å²) in [7, 11) is 2.16. The van der Waals surface area contributed by atoms with Gasteiger partial charge in [-0.15, -0.1) is 11.3 Å². The molecule has 1 saturated heterocycles. The van der Waals surface area contributed by atoms with Gasteiger partial charge in [0.25, 0.3) is 0 Å². The van der Waals surface area contributed by atoms with Gasteiger partial charge < -0.3 is 15.4 Å². The number of nitrogens with zero attached hydrogens (tertiary/aromatic N) is 2. The van der Waals surface area contributed by atoms with Crippen LogP contribution in [0.15, 0.2) is 0 Å². The van der Waals surface area contributed by atoms with Gasteiger partial charge in [-0.2, -0.15) is 0 Å². The highest BCUT2D eigenvalue weighted by molar-refractivity contribution is 7.15. The van der Waals surface area contributed by atoms with Gasteiger partial charge in [0.05, 0.1) is 5.69 Å². The molecule has 3 rings (SSSR count). The van der Waals surface area contributed by atoms with Gasteiger partial charge in [-0.3, -0.25) is 0 Å². The second kappa shape index (κ2) is 5.15. The number of fused-ring (bicyclic) bond motifs is 1. The lowest BCUT2D eigenvalue weighted by atomic mass is 9.99. The maximum Gasteiger partial charge on any atom is 0.185 e. The quantitative estimate of drug-likeness (QED) is 0.891. The first-order valence-electron chi connectivity index (χ1n) is 6.81. The molecule has 2 N–H and O–H groups in total. The zero-order valence-corrected chi connectivity index (χ0v) is 11.7. The van der Waals surface area contributed by atoms with Crippen molar-refractivity contribution < 1.29 is 4.74 Å². The fraction of sp³-hybridized carbons (Fsp3) is 0.769. The number of hydrogen-bond donors (Lipinski definition) is 1. The summed E-state index contributed by atoms with van der Waals surface area (Å²) in [6, 6.07) is 0.726. The van der Waals surface area contributed by atoms with E-state index in [4.69, 9.17) is 15.5 Å². The van der Waals surface area contributed by atoms with Gasteiger partial charge in [0.1, 0.15) is 0 Å². The number of rotatable bonds is 2. The van der Waals surface area contributed by atoms with E-state index in [1.54, 1.807) is 0 Å². The number of nitrogens with two attached hydrogens (primary N) is 1. The largest absolute Gasteiger partial charge is 0.381 e. The van der Waals surface area contributed by atoms with Crippen LogP contribution >= 0.6 is 11.3 Å². The molecule has 2 heterocycles. The average molecular weight is 267 g/mol. The van der Waals surface area contributed by atoms with Gasteiger partial charge in [-0.05, 0) is 32.1 Å². The van der Waals surface area contributed by atoms with Crippen LogP contribution in [0.3, 0.4) is 0 Å². The number of aryl methyl sites for hydroxylation is 1. The topological polar surface area (TPSA) is 51.4 Å². The molecule has 1 atom stereocenters. The molecule has 1 aromatic rings. The van der Waals surface area contributed by atoms with Crippen molar-refractivity contribution in [3.63, 3.8) is 0 Å². The first kappa shape index (κ1) is 12.4. The van der Waals surface area contributed by atoms with Gasteiger partial charge in [-0.25, -0.2) is 4.98 Å². The fourth-order valence-electron chi connectivity index (χ4n) is 2.82. The Hall–Kier alpha value is -0.650. The molecule has 1 aliphatic heterocycles. The Morgan fingerprint density at radius 1 is 1.33 bits per heavy atom. The third-order valence-electron chi connectivity index (χ3n) is 4.03. The molecular weight excluding hydrogens is 246 g/mol. The van der Waals surface area contributed by atoms with Crippen LogP contribution in [0, 0.1) is 0 Å². The summed E-state index contributed by atoms with van der Waals surface area (Å²) in [5, 5.41) is 1.14. The van der Waals surface area contributed by atoms with Crippen LogP contribution in [-0.4, -0.2) is 31.3 Å².